The van der Waals surface area contributed by atoms with Crippen molar-refractivity contribution < 1.29 is 34.0 Å². The zero-order valence-electron chi connectivity index (χ0n) is 13.8. The Labute approximate surface area is 143 Å². The van der Waals surface area contributed by atoms with E-state index in [9.17, 15) is 15.0 Å². The van der Waals surface area contributed by atoms with E-state index in [1.807, 2.05) is 0 Å². The highest BCUT2D eigenvalue weighted by Crippen LogP contribution is 2.48. The minimum Gasteiger partial charge on any atom is -0.454 e. The highest BCUT2D eigenvalue weighted by atomic mass is 16.8. The summed E-state index contributed by atoms with van der Waals surface area (Å²) in [5, 5.41) is 24.3. The van der Waals surface area contributed by atoms with E-state index in [-0.39, 0.29) is 12.7 Å². The van der Waals surface area contributed by atoms with Crippen LogP contribution in [-0.2, 0) is 9.47 Å². The van der Waals surface area contributed by atoms with Crippen molar-refractivity contribution in [3.8, 4) is 11.5 Å². The number of hydrogen-bond donors (Lipinski definition) is 3. The third-order valence-electron chi connectivity index (χ3n) is 5.41. The molecule has 1 saturated heterocycles. The Morgan fingerprint density at radius 2 is 1.76 bits per heavy atom. The van der Waals surface area contributed by atoms with Gasteiger partial charge in [0.15, 0.2) is 17.3 Å². The minimum absolute atomic E-state index is 0.0922. The molecule has 3 aliphatic heterocycles. The molecule has 8 nitrogen and oxygen atoms in total. The van der Waals surface area contributed by atoms with Crippen LogP contribution in [0.5, 0.6) is 11.5 Å². The summed E-state index contributed by atoms with van der Waals surface area (Å²) in [6, 6.07) is 2.82. The van der Waals surface area contributed by atoms with Crippen molar-refractivity contribution in [2.24, 2.45) is 0 Å². The van der Waals surface area contributed by atoms with Gasteiger partial charge in [0.25, 0.3) is 5.91 Å². The molecule has 0 bridgehead atoms. The lowest BCUT2D eigenvalue weighted by molar-refractivity contribution is -0.159. The van der Waals surface area contributed by atoms with Gasteiger partial charge in [-0.1, -0.05) is 0 Å². The molecule has 6 atom stereocenters. The van der Waals surface area contributed by atoms with E-state index in [1.54, 1.807) is 26.0 Å². The standard InChI is InChI=1S/C17H19NO7/c1-17(2)24-14-11-10(12(19)13(20)15(14)25-17)6-3-8-9(23-5-22-8)4-7(6)16(21)18-11/h3-4,10-15,19-20H,5H2,1-2H3,(H,18,21)/t10-,11-,12+,13+,14+,15-/m1/s1. The predicted octanol–water partition coefficient (Wildman–Crippen LogP) is -0.134. The maximum atomic E-state index is 12.6. The van der Waals surface area contributed by atoms with Crippen molar-refractivity contribution in [1.82, 2.24) is 5.32 Å². The first-order valence-corrected chi connectivity index (χ1v) is 8.32. The molecule has 0 aromatic heterocycles. The zero-order chi connectivity index (χ0) is 17.5. The summed E-state index contributed by atoms with van der Waals surface area (Å²) in [5.41, 5.74) is 1.03. The number of hydrogen-bond acceptors (Lipinski definition) is 7. The second-order valence-electron chi connectivity index (χ2n) is 7.36. The van der Waals surface area contributed by atoms with Crippen LogP contribution < -0.4 is 14.8 Å². The highest BCUT2D eigenvalue weighted by Gasteiger charge is 2.60. The average Bonchev–Trinajstić information content (AvgIpc) is 3.14. The number of benzene rings is 1. The van der Waals surface area contributed by atoms with Gasteiger partial charge in [-0.25, -0.2) is 0 Å². The molecular weight excluding hydrogens is 330 g/mol. The van der Waals surface area contributed by atoms with Crippen molar-refractivity contribution in [2.45, 2.75) is 56.0 Å². The van der Waals surface area contributed by atoms with Crippen molar-refractivity contribution >= 4 is 5.91 Å². The molecule has 3 N–H and O–H groups in total. The fourth-order valence-corrected chi connectivity index (χ4v) is 4.39. The van der Waals surface area contributed by atoms with Crippen molar-refractivity contribution in [3.63, 3.8) is 0 Å². The number of carbonyl (C=O) groups excluding carboxylic acids is 1. The molecule has 5 rings (SSSR count). The maximum absolute atomic E-state index is 12.6. The molecule has 1 aromatic rings. The average molecular weight is 349 g/mol. The Balaban J connectivity index is 1.63. The molecule has 0 unspecified atom stereocenters. The van der Waals surface area contributed by atoms with Gasteiger partial charge in [0.2, 0.25) is 6.79 Å². The molecule has 3 heterocycles. The fourth-order valence-electron chi connectivity index (χ4n) is 4.39. The van der Waals surface area contributed by atoms with E-state index >= 15 is 0 Å². The van der Waals surface area contributed by atoms with Gasteiger partial charge < -0.3 is 34.5 Å². The van der Waals surface area contributed by atoms with Crippen LogP contribution in [0.4, 0.5) is 0 Å². The van der Waals surface area contributed by atoms with Crippen LogP contribution in [0.15, 0.2) is 12.1 Å². The Bertz CT molecular complexity index is 764. The molecule has 1 saturated carbocycles. The number of aliphatic hydroxyl groups is 2. The van der Waals surface area contributed by atoms with Crippen LogP contribution in [0.3, 0.4) is 0 Å². The third kappa shape index (κ3) is 2.05. The van der Waals surface area contributed by atoms with Crippen molar-refractivity contribution in [1.29, 1.82) is 0 Å². The number of rotatable bonds is 0. The van der Waals surface area contributed by atoms with Crippen molar-refractivity contribution in [2.75, 3.05) is 6.79 Å². The van der Waals surface area contributed by atoms with E-state index in [4.69, 9.17) is 18.9 Å². The summed E-state index contributed by atoms with van der Waals surface area (Å²) in [4.78, 5) is 12.6. The third-order valence-corrected chi connectivity index (χ3v) is 5.41. The SMILES string of the molecule is CC1(C)O[C@@H]2[C@@H](O)[C@@H](O)[C@@H]3c4cc5c(cc4C(=O)N[C@H]3[C@@H]2O1)OCO5. The lowest BCUT2D eigenvalue weighted by Crippen LogP contribution is -2.65. The summed E-state index contributed by atoms with van der Waals surface area (Å²) in [7, 11) is 0. The van der Waals surface area contributed by atoms with E-state index in [0.29, 0.717) is 22.6 Å². The molecule has 8 heteroatoms. The molecule has 1 amide bonds. The second kappa shape index (κ2) is 4.85. The first kappa shape index (κ1) is 15.4. The summed E-state index contributed by atoms with van der Waals surface area (Å²) >= 11 is 0. The van der Waals surface area contributed by atoms with Crippen LogP contribution in [0.2, 0.25) is 0 Å². The smallest absolute Gasteiger partial charge is 0.252 e. The zero-order valence-corrected chi connectivity index (χ0v) is 13.8. The van der Waals surface area contributed by atoms with E-state index in [1.165, 1.54) is 0 Å². The Kier molecular flexibility index (Phi) is 2.99. The van der Waals surface area contributed by atoms with E-state index in [0.717, 1.165) is 0 Å². The lowest BCUT2D eigenvalue weighted by atomic mass is 9.70. The van der Waals surface area contributed by atoms with E-state index in [2.05, 4.69) is 5.32 Å². The summed E-state index contributed by atoms with van der Waals surface area (Å²) in [6.45, 7) is 3.58. The van der Waals surface area contributed by atoms with Gasteiger partial charge in [-0.15, -0.1) is 0 Å². The van der Waals surface area contributed by atoms with Crippen LogP contribution in [0.1, 0.15) is 35.7 Å². The monoisotopic (exact) mass is 349 g/mol. The number of ether oxygens (including phenoxy) is 4. The molecule has 2 fully saturated rings. The number of carbonyl (C=O) groups is 1. The molecule has 25 heavy (non-hydrogen) atoms. The molecule has 134 valence electrons. The second-order valence-corrected chi connectivity index (χ2v) is 7.36. The maximum Gasteiger partial charge on any atom is 0.252 e. The van der Waals surface area contributed by atoms with Gasteiger partial charge in [-0.2, -0.15) is 0 Å². The quantitative estimate of drug-likeness (QED) is 0.599. The number of nitrogens with one attached hydrogen (secondary N) is 1. The van der Waals surface area contributed by atoms with Gasteiger partial charge >= 0.3 is 0 Å². The number of fused-ring (bicyclic) bond motifs is 6. The summed E-state index contributed by atoms with van der Waals surface area (Å²) in [6.07, 6.45) is -3.49. The Hall–Kier alpha value is -1.87. The van der Waals surface area contributed by atoms with Crippen molar-refractivity contribution in [3.05, 3.63) is 23.3 Å². The fraction of sp³-hybridized carbons (Fsp3) is 0.588. The van der Waals surface area contributed by atoms with Gasteiger partial charge in [0.1, 0.15) is 18.3 Å². The first-order chi connectivity index (χ1) is 11.9. The minimum atomic E-state index is -1.12. The molecular formula is C17H19NO7. The largest absolute Gasteiger partial charge is 0.454 e. The lowest BCUT2D eigenvalue weighted by Gasteiger charge is -2.46. The summed E-state index contributed by atoms with van der Waals surface area (Å²) in [5.74, 6) is -0.677. The predicted molar refractivity (Wildman–Crippen MR) is 82.4 cm³/mol. The number of aliphatic hydroxyl groups excluding tert-OH is 2. The van der Waals surface area contributed by atoms with Gasteiger partial charge in [0.05, 0.1) is 12.1 Å². The molecule has 1 aliphatic carbocycles. The van der Waals surface area contributed by atoms with Crippen LogP contribution in [0, 0.1) is 0 Å². The van der Waals surface area contributed by atoms with Gasteiger partial charge in [0, 0.05) is 11.5 Å². The van der Waals surface area contributed by atoms with Crippen LogP contribution in [-0.4, -0.2) is 59.2 Å². The highest BCUT2D eigenvalue weighted by molar-refractivity contribution is 5.98. The molecule has 1 aromatic carbocycles. The normalized spacial score (nSPS) is 40.1. The van der Waals surface area contributed by atoms with E-state index < -0.39 is 42.2 Å². The first-order valence-electron chi connectivity index (χ1n) is 8.32. The topological polar surface area (TPSA) is 106 Å². The van der Waals surface area contributed by atoms with Crippen LogP contribution >= 0.6 is 0 Å². The summed E-state index contributed by atoms with van der Waals surface area (Å²) < 4.78 is 22.4. The Morgan fingerprint density at radius 1 is 1.08 bits per heavy atom. The number of amides is 1. The van der Waals surface area contributed by atoms with Crippen LogP contribution in [0.25, 0.3) is 0 Å². The molecule has 4 aliphatic rings. The molecule has 0 spiro atoms. The van der Waals surface area contributed by atoms with Gasteiger partial charge in [-0.05, 0) is 31.5 Å². The Morgan fingerprint density at radius 3 is 2.52 bits per heavy atom. The molecule has 0 radical (unpaired) electrons. The van der Waals surface area contributed by atoms with Gasteiger partial charge in [-0.3, -0.25) is 4.79 Å².